The van der Waals surface area contributed by atoms with Gasteiger partial charge in [-0.05, 0) is 41.8 Å². The van der Waals surface area contributed by atoms with E-state index in [0.29, 0.717) is 37.3 Å². The van der Waals surface area contributed by atoms with Crippen molar-refractivity contribution in [2.75, 3.05) is 18.4 Å². The Labute approximate surface area is 197 Å². The van der Waals surface area contributed by atoms with Crippen molar-refractivity contribution in [3.8, 4) is 0 Å². The standard InChI is InChI=1S/C27H26FN3O3/c28-22-12-10-19(11-13-22)14-15-31-18-21(16-25(31)32)26(33)30-24-9-5-4-8-23(24)27(34)29-17-20-6-2-1-3-7-20/h1-13,21H,14-18H2,(H,29,34)(H,30,33)/t21-/m1/s1. The van der Waals surface area contributed by atoms with Gasteiger partial charge in [-0.25, -0.2) is 4.39 Å². The second kappa shape index (κ2) is 10.7. The lowest BCUT2D eigenvalue weighted by Crippen LogP contribution is -2.30. The van der Waals surface area contributed by atoms with Crippen molar-refractivity contribution >= 4 is 23.4 Å². The second-order valence-corrected chi connectivity index (χ2v) is 8.32. The number of carbonyl (C=O) groups is 3. The van der Waals surface area contributed by atoms with E-state index >= 15 is 0 Å². The number of halogens is 1. The maximum atomic E-state index is 13.1. The number of amides is 3. The average molecular weight is 460 g/mol. The molecule has 0 saturated carbocycles. The monoisotopic (exact) mass is 459 g/mol. The quantitative estimate of drug-likeness (QED) is 0.538. The van der Waals surface area contributed by atoms with Crippen LogP contribution in [-0.2, 0) is 22.6 Å². The predicted molar refractivity (Wildman–Crippen MR) is 127 cm³/mol. The Morgan fingerprint density at radius 2 is 1.62 bits per heavy atom. The first kappa shape index (κ1) is 23.2. The van der Waals surface area contributed by atoms with Crippen molar-refractivity contribution in [2.24, 2.45) is 5.92 Å². The second-order valence-electron chi connectivity index (χ2n) is 8.32. The molecule has 6 nitrogen and oxygen atoms in total. The van der Waals surface area contributed by atoms with E-state index < -0.39 is 5.92 Å². The molecule has 0 spiro atoms. The van der Waals surface area contributed by atoms with Crippen molar-refractivity contribution in [1.82, 2.24) is 10.2 Å². The van der Waals surface area contributed by atoms with Crippen molar-refractivity contribution in [3.63, 3.8) is 0 Å². The summed E-state index contributed by atoms with van der Waals surface area (Å²) in [5.41, 5.74) is 2.68. The van der Waals surface area contributed by atoms with Gasteiger partial charge in [-0.15, -0.1) is 0 Å². The third-order valence-corrected chi connectivity index (χ3v) is 5.89. The van der Waals surface area contributed by atoms with Gasteiger partial charge in [-0.3, -0.25) is 14.4 Å². The molecule has 0 bridgehead atoms. The smallest absolute Gasteiger partial charge is 0.253 e. The third kappa shape index (κ3) is 5.86. The molecule has 1 aliphatic rings. The minimum atomic E-state index is -0.499. The molecule has 7 heteroatoms. The van der Waals surface area contributed by atoms with Crippen molar-refractivity contribution < 1.29 is 18.8 Å². The molecule has 34 heavy (non-hydrogen) atoms. The zero-order valence-electron chi connectivity index (χ0n) is 18.7. The van der Waals surface area contributed by atoms with Gasteiger partial charge >= 0.3 is 0 Å². The van der Waals surface area contributed by atoms with E-state index in [2.05, 4.69) is 10.6 Å². The van der Waals surface area contributed by atoms with E-state index in [-0.39, 0.29) is 30.0 Å². The van der Waals surface area contributed by atoms with Gasteiger partial charge < -0.3 is 15.5 Å². The molecule has 3 aromatic carbocycles. The van der Waals surface area contributed by atoms with Gasteiger partial charge in [0.2, 0.25) is 11.8 Å². The predicted octanol–water partition coefficient (Wildman–Crippen LogP) is 3.79. The normalized spacial score (nSPS) is 15.3. The minimum absolute atomic E-state index is 0.0869. The highest BCUT2D eigenvalue weighted by atomic mass is 19.1. The Balaban J connectivity index is 1.34. The Morgan fingerprint density at radius 3 is 2.38 bits per heavy atom. The number of nitrogens with zero attached hydrogens (tertiary/aromatic N) is 1. The molecule has 4 rings (SSSR count). The van der Waals surface area contributed by atoms with E-state index in [4.69, 9.17) is 0 Å². The summed E-state index contributed by atoms with van der Waals surface area (Å²) in [5.74, 6) is -1.46. The van der Waals surface area contributed by atoms with Gasteiger partial charge in [0, 0.05) is 26.1 Å². The number of carbonyl (C=O) groups excluding carboxylic acids is 3. The first-order chi connectivity index (χ1) is 16.5. The molecule has 1 aliphatic heterocycles. The Kier molecular flexibility index (Phi) is 7.32. The lowest BCUT2D eigenvalue weighted by molar-refractivity contribution is -0.128. The van der Waals surface area contributed by atoms with Gasteiger partial charge in [0.05, 0.1) is 17.2 Å². The Hall–Kier alpha value is -4.00. The van der Waals surface area contributed by atoms with Crippen LogP contribution in [0.5, 0.6) is 0 Å². The zero-order chi connectivity index (χ0) is 23.9. The molecule has 0 unspecified atom stereocenters. The summed E-state index contributed by atoms with van der Waals surface area (Å²) in [6, 6.07) is 22.6. The molecule has 1 fully saturated rings. The molecule has 1 atom stereocenters. The van der Waals surface area contributed by atoms with Crippen LogP contribution in [0.2, 0.25) is 0 Å². The maximum absolute atomic E-state index is 13.1. The highest BCUT2D eigenvalue weighted by molar-refractivity contribution is 6.05. The third-order valence-electron chi connectivity index (χ3n) is 5.89. The van der Waals surface area contributed by atoms with Crippen LogP contribution in [0.25, 0.3) is 0 Å². The fourth-order valence-electron chi connectivity index (χ4n) is 3.98. The highest BCUT2D eigenvalue weighted by Crippen LogP contribution is 2.22. The molecule has 174 valence electrons. The van der Waals surface area contributed by atoms with Gasteiger partial charge in [0.25, 0.3) is 5.91 Å². The molecule has 3 amide bonds. The first-order valence-electron chi connectivity index (χ1n) is 11.2. The van der Waals surface area contributed by atoms with Gasteiger partial charge in [0.15, 0.2) is 0 Å². The summed E-state index contributed by atoms with van der Waals surface area (Å²) in [5, 5.41) is 5.70. The number of hydrogen-bond donors (Lipinski definition) is 2. The van der Waals surface area contributed by atoms with Crippen LogP contribution in [0.3, 0.4) is 0 Å². The fourth-order valence-corrected chi connectivity index (χ4v) is 3.98. The number of hydrogen-bond acceptors (Lipinski definition) is 3. The van der Waals surface area contributed by atoms with Gasteiger partial charge in [-0.1, -0.05) is 54.6 Å². The number of rotatable bonds is 8. The molecular weight excluding hydrogens is 433 g/mol. The molecule has 3 aromatic rings. The summed E-state index contributed by atoms with van der Waals surface area (Å²) < 4.78 is 13.1. The van der Waals surface area contributed by atoms with E-state index in [9.17, 15) is 18.8 Å². The molecule has 1 saturated heterocycles. The molecule has 0 aliphatic carbocycles. The van der Waals surface area contributed by atoms with Crippen LogP contribution in [0.1, 0.15) is 27.9 Å². The molecule has 0 radical (unpaired) electrons. The average Bonchev–Trinajstić information content (AvgIpc) is 3.24. The number of anilines is 1. The maximum Gasteiger partial charge on any atom is 0.253 e. The molecule has 1 heterocycles. The summed E-state index contributed by atoms with van der Waals surface area (Å²) in [4.78, 5) is 39.7. The van der Waals surface area contributed by atoms with E-state index in [0.717, 1.165) is 11.1 Å². The SMILES string of the molecule is O=C(NCc1ccccc1)c1ccccc1NC(=O)[C@@H]1CC(=O)N(CCc2ccc(F)cc2)C1. The molecule has 0 aromatic heterocycles. The largest absolute Gasteiger partial charge is 0.348 e. The summed E-state index contributed by atoms with van der Waals surface area (Å²) >= 11 is 0. The van der Waals surface area contributed by atoms with E-state index in [1.165, 1.54) is 12.1 Å². The summed E-state index contributed by atoms with van der Waals surface area (Å²) in [7, 11) is 0. The van der Waals surface area contributed by atoms with Gasteiger partial charge in [0.1, 0.15) is 5.82 Å². The first-order valence-corrected chi connectivity index (χ1v) is 11.2. The molecule has 2 N–H and O–H groups in total. The highest BCUT2D eigenvalue weighted by Gasteiger charge is 2.34. The van der Waals surface area contributed by atoms with Crippen LogP contribution in [0.15, 0.2) is 78.9 Å². The summed E-state index contributed by atoms with van der Waals surface area (Å²) in [6.45, 7) is 1.16. The van der Waals surface area contributed by atoms with Crippen LogP contribution in [0.4, 0.5) is 10.1 Å². The lowest BCUT2D eigenvalue weighted by atomic mass is 10.1. The fraction of sp³-hybridized carbons (Fsp3) is 0.222. The van der Waals surface area contributed by atoms with Crippen molar-refractivity contribution in [3.05, 3.63) is 101 Å². The van der Waals surface area contributed by atoms with E-state index in [1.54, 1.807) is 41.3 Å². The van der Waals surface area contributed by atoms with Crippen LogP contribution in [-0.4, -0.2) is 35.7 Å². The summed E-state index contributed by atoms with van der Waals surface area (Å²) in [6.07, 6.45) is 0.711. The Bertz CT molecular complexity index is 1170. The van der Waals surface area contributed by atoms with Crippen LogP contribution in [0, 0.1) is 11.7 Å². The van der Waals surface area contributed by atoms with E-state index in [1.807, 2.05) is 30.3 Å². The zero-order valence-corrected chi connectivity index (χ0v) is 18.7. The number of para-hydroxylation sites is 1. The van der Waals surface area contributed by atoms with Crippen LogP contribution >= 0.6 is 0 Å². The minimum Gasteiger partial charge on any atom is -0.348 e. The number of nitrogens with one attached hydrogen (secondary N) is 2. The van der Waals surface area contributed by atoms with Gasteiger partial charge in [-0.2, -0.15) is 0 Å². The van der Waals surface area contributed by atoms with Crippen molar-refractivity contribution in [1.29, 1.82) is 0 Å². The Morgan fingerprint density at radius 1 is 0.912 bits per heavy atom. The van der Waals surface area contributed by atoms with Crippen LogP contribution < -0.4 is 10.6 Å². The number of likely N-dealkylation sites (tertiary alicyclic amines) is 1. The topological polar surface area (TPSA) is 78.5 Å². The molecular formula is C27H26FN3O3. The lowest BCUT2D eigenvalue weighted by Gasteiger charge is -2.17. The number of benzene rings is 3. The van der Waals surface area contributed by atoms with Crippen molar-refractivity contribution in [2.45, 2.75) is 19.4 Å².